The minimum atomic E-state index is -3.69. The summed E-state index contributed by atoms with van der Waals surface area (Å²) in [4.78, 5) is 16.9. The minimum Gasteiger partial charge on any atom is -0.359 e. The molecule has 0 radical (unpaired) electrons. The van der Waals surface area contributed by atoms with Gasteiger partial charge >= 0.3 is 0 Å². The van der Waals surface area contributed by atoms with Gasteiger partial charge in [-0.05, 0) is 55.7 Å². The van der Waals surface area contributed by atoms with Crippen molar-refractivity contribution in [1.29, 1.82) is 0 Å². The molecule has 2 aliphatic heterocycles. The zero-order valence-electron chi connectivity index (χ0n) is 17.0. The molecule has 1 amide bonds. The molecule has 0 N–H and O–H groups in total. The van der Waals surface area contributed by atoms with Crippen molar-refractivity contribution in [3.63, 3.8) is 0 Å². The Morgan fingerprint density at radius 1 is 1.03 bits per heavy atom. The number of carbonyl (C=O) groups is 1. The van der Waals surface area contributed by atoms with Gasteiger partial charge in [-0.3, -0.25) is 4.79 Å². The van der Waals surface area contributed by atoms with Crippen molar-refractivity contribution in [2.75, 3.05) is 37.6 Å². The maximum absolute atomic E-state index is 13.1. The SMILES string of the molecule is CC1CCc2ccccc2N1CC(=O)N1CCN(S(=O)(=O)c2ccc(F)cc2)CC1. The molecule has 1 unspecified atom stereocenters. The summed E-state index contributed by atoms with van der Waals surface area (Å²) in [6, 6.07) is 13.3. The van der Waals surface area contributed by atoms with Gasteiger partial charge in [-0.15, -0.1) is 0 Å². The third-order valence-corrected chi connectivity index (χ3v) is 7.93. The molecule has 30 heavy (non-hydrogen) atoms. The van der Waals surface area contributed by atoms with E-state index in [1.807, 2.05) is 12.1 Å². The molecule has 4 rings (SSSR count). The zero-order valence-corrected chi connectivity index (χ0v) is 17.8. The van der Waals surface area contributed by atoms with Crippen LogP contribution in [-0.4, -0.2) is 62.3 Å². The summed E-state index contributed by atoms with van der Waals surface area (Å²) < 4.78 is 40.0. The number of para-hydroxylation sites is 1. The van der Waals surface area contributed by atoms with Crippen LogP contribution in [-0.2, 0) is 21.2 Å². The number of sulfonamides is 1. The summed E-state index contributed by atoms with van der Waals surface area (Å²) >= 11 is 0. The highest BCUT2D eigenvalue weighted by Gasteiger charge is 2.32. The predicted octanol–water partition coefficient (Wildman–Crippen LogP) is 2.50. The van der Waals surface area contributed by atoms with Gasteiger partial charge in [0.1, 0.15) is 5.82 Å². The summed E-state index contributed by atoms with van der Waals surface area (Å²) in [5, 5.41) is 0. The van der Waals surface area contributed by atoms with Gasteiger partial charge in [-0.25, -0.2) is 12.8 Å². The van der Waals surface area contributed by atoms with E-state index in [0.29, 0.717) is 19.6 Å². The molecule has 160 valence electrons. The predicted molar refractivity (Wildman–Crippen MR) is 113 cm³/mol. The van der Waals surface area contributed by atoms with E-state index in [4.69, 9.17) is 0 Å². The van der Waals surface area contributed by atoms with E-state index in [-0.39, 0.29) is 29.9 Å². The molecule has 0 spiro atoms. The number of hydrogen-bond donors (Lipinski definition) is 0. The van der Waals surface area contributed by atoms with Crippen molar-refractivity contribution >= 4 is 21.6 Å². The summed E-state index contributed by atoms with van der Waals surface area (Å²) in [5.74, 6) is -0.463. The van der Waals surface area contributed by atoms with Gasteiger partial charge in [0.2, 0.25) is 15.9 Å². The Morgan fingerprint density at radius 2 is 1.70 bits per heavy atom. The lowest BCUT2D eigenvalue weighted by molar-refractivity contribution is -0.131. The molecule has 2 heterocycles. The fourth-order valence-corrected chi connectivity index (χ4v) is 5.60. The average molecular weight is 432 g/mol. The molecule has 1 atom stereocenters. The number of halogens is 1. The van der Waals surface area contributed by atoms with Gasteiger partial charge in [-0.2, -0.15) is 4.31 Å². The average Bonchev–Trinajstić information content (AvgIpc) is 2.76. The van der Waals surface area contributed by atoms with Crippen LogP contribution < -0.4 is 4.90 Å². The van der Waals surface area contributed by atoms with Crippen LogP contribution in [0.25, 0.3) is 0 Å². The van der Waals surface area contributed by atoms with Crippen molar-refractivity contribution in [3.05, 3.63) is 59.9 Å². The van der Waals surface area contributed by atoms with E-state index >= 15 is 0 Å². The lowest BCUT2D eigenvalue weighted by Crippen LogP contribution is -2.53. The Hall–Kier alpha value is -2.45. The van der Waals surface area contributed by atoms with Crippen LogP contribution in [0, 0.1) is 5.82 Å². The van der Waals surface area contributed by atoms with Crippen LogP contribution in [0.1, 0.15) is 18.9 Å². The van der Waals surface area contributed by atoms with Gasteiger partial charge < -0.3 is 9.80 Å². The second kappa shape index (κ2) is 8.35. The topological polar surface area (TPSA) is 60.9 Å². The highest BCUT2D eigenvalue weighted by Crippen LogP contribution is 2.30. The van der Waals surface area contributed by atoms with E-state index in [9.17, 15) is 17.6 Å². The zero-order chi connectivity index (χ0) is 21.3. The lowest BCUT2D eigenvalue weighted by Gasteiger charge is -2.39. The number of rotatable bonds is 4. The molecule has 0 aliphatic carbocycles. The first-order chi connectivity index (χ1) is 14.4. The van der Waals surface area contributed by atoms with Crippen LogP contribution in [0.2, 0.25) is 0 Å². The molecular weight excluding hydrogens is 405 g/mol. The Bertz CT molecular complexity index is 1020. The van der Waals surface area contributed by atoms with Gasteiger partial charge in [0.25, 0.3) is 0 Å². The number of fused-ring (bicyclic) bond motifs is 1. The van der Waals surface area contributed by atoms with E-state index in [1.54, 1.807) is 4.90 Å². The summed E-state index contributed by atoms with van der Waals surface area (Å²) in [6.07, 6.45) is 2.02. The van der Waals surface area contributed by atoms with E-state index in [1.165, 1.54) is 22.0 Å². The Labute approximate surface area is 176 Å². The molecule has 2 aromatic rings. The second-order valence-corrected chi connectivity index (χ2v) is 9.82. The van der Waals surface area contributed by atoms with E-state index in [2.05, 4.69) is 24.0 Å². The molecule has 8 heteroatoms. The smallest absolute Gasteiger partial charge is 0.243 e. The molecule has 0 bridgehead atoms. The number of nitrogens with zero attached hydrogens (tertiary/aromatic N) is 3. The molecule has 6 nitrogen and oxygen atoms in total. The van der Waals surface area contributed by atoms with Gasteiger partial charge in [0.05, 0.1) is 11.4 Å². The van der Waals surface area contributed by atoms with E-state index in [0.717, 1.165) is 30.7 Å². The first-order valence-corrected chi connectivity index (χ1v) is 11.7. The third kappa shape index (κ3) is 4.06. The number of benzene rings is 2. The highest BCUT2D eigenvalue weighted by atomic mass is 32.2. The standard InChI is InChI=1S/C22H26FN3O3S/c1-17-6-7-18-4-2-3-5-21(18)26(17)16-22(27)24-12-14-25(15-13-24)30(28,29)20-10-8-19(23)9-11-20/h2-5,8-11,17H,6-7,12-16H2,1H3. The largest absolute Gasteiger partial charge is 0.359 e. The van der Waals surface area contributed by atoms with Crippen molar-refractivity contribution in [2.24, 2.45) is 0 Å². The normalized spacial score (nSPS) is 20.1. The number of hydrogen-bond acceptors (Lipinski definition) is 4. The van der Waals surface area contributed by atoms with Crippen LogP contribution >= 0.6 is 0 Å². The van der Waals surface area contributed by atoms with Crippen molar-refractivity contribution in [3.8, 4) is 0 Å². The van der Waals surface area contributed by atoms with Crippen LogP contribution in [0.5, 0.6) is 0 Å². The Balaban J connectivity index is 1.40. The van der Waals surface area contributed by atoms with Crippen molar-refractivity contribution in [1.82, 2.24) is 9.21 Å². The van der Waals surface area contributed by atoms with Crippen molar-refractivity contribution in [2.45, 2.75) is 30.7 Å². The molecule has 2 aliphatic rings. The van der Waals surface area contributed by atoms with E-state index < -0.39 is 15.8 Å². The van der Waals surface area contributed by atoms with Gasteiger partial charge in [0.15, 0.2) is 0 Å². The van der Waals surface area contributed by atoms with Crippen LogP contribution in [0.15, 0.2) is 53.4 Å². The molecule has 1 saturated heterocycles. The first-order valence-electron chi connectivity index (χ1n) is 10.2. The lowest BCUT2D eigenvalue weighted by atomic mass is 9.96. The number of anilines is 1. The fourth-order valence-electron chi connectivity index (χ4n) is 4.18. The number of carbonyl (C=O) groups excluding carboxylic acids is 1. The second-order valence-electron chi connectivity index (χ2n) is 7.88. The highest BCUT2D eigenvalue weighted by molar-refractivity contribution is 7.89. The third-order valence-electron chi connectivity index (χ3n) is 6.01. The molecular formula is C22H26FN3O3S. The quantitative estimate of drug-likeness (QED) is 0.746. The maximum atomic E-state index is 13.1. The van der Waals surface area contributed by atoms with Gasteiger partial charge in [-0.1, -0.05) is 18.2 Å². The van der Waals surface area contributed by atoms with Crippen LogP contribution in [0.3, 0.4) is 0 Å². The molecule has 1 fully saturated rings. The molecule has 0 saturated carbocycles. The van der Waals surface area contributed by atoms with Gasteiger partial charge in [0, 0.05) is 37.9 Å². The minimum absolute atomic E-state index is 0.0115. The number of amides is 1. The summed E-state index contributed by atoms with van der Waals surface area (Å²) in [7, 11) is -3.69. The van der Waals surface area contributed by atoms with Crippen LogP contribution in [0.4, 0.5) is 10.1 Å². The van der Waals surface area contributed by atoms with Crippen molar-refractivity contribution < 1.29 is 17.6 Å². The summed E-state index contributed by atoms with van der Waals surface area (Å²) in [5.41, 5.74) is 2.38. The maximum Gasteiger partial charge on any atom is 0.243 e. The Morgan fingerprint density at radius 3 is 2.40 bits per heavy atom. The summed E-state index contributed by atoms with van der Waals surface area (Å²) in [6.45, 7) is 3.60. The first kappa shape index (κ1) is 20.8. The fraction of sp³-hybridized carbons (Fsp3) is 0.409. The monoisotopic (exact) mass is 431 g/mol. The Kier molecular flexibility index (Phi) is 5.79. The number of aryl methyl sites for hydroxylation is 1. The molecule has 0 aromatic heterocycles. The molecule has 2 aromatic carbocycles. The number of piperazine rings is 1.